The molecule has 6 unspecified atom stereocenters. The van der Waals surface area contributed by atoms with Crippen molar-refractivity contribution < 1.29 is 87.8 Å². The highest BCUT2D eigenvalue weighted by Gasteiger charge is 2.51. The van der Waals surface area contributed by atoms with Crippen molar-refractivity contribution >= 4 is 17.9 Å². The van der Waals surface area contributed by atoms with Crippen molar-refractivity contribution in [3.05, 3.63) is 129 Å². The van der Waals surface area contributed by atoms with Gasteiger partial charge < -0.3 is 65.0 Å². The van der Waals surface area contributed by atoms with Gasteiger partial charge in [0.1, 0.15) is 30.6 Å². The Hall–Kier alpha value is -5.00. The summed E-state index contributed by atoms with van der Waals surface area (Å²) in [5.41, 5.74) is 5.46. The Kier molecular flexibility index (Phi) is 22.9. The van der Waals surface area contributed by atoms with Crippen LogP contribution in [0, 0.1) is 53.4 Å². The standard InChI is InChI=1S/2C30H42NO4.C2HF3O2.BrH/c2*1-22-19-23(2)28(24(3)20-22)34-18-10-16-31(4)17-15-27(21-31)35-29(32)30(33,26-13-8-9-14-26)25-11-6-5-7-12-25;3-2(4,5)1(6)7;/h2*5-7,11-12,19-20,26-27,33H,8-10,13-18,21H2,1-4H3;(H,6,7);1H/q2*+1;;/p-2. The summed E-state index contributed by atoms with van der Waals surface area (Å²) >= 11 is 0. The summed E-state index contributed by atoms with van der Waals surface area (Å²) in [5, 5.41) is 32.2. The lowest BCUT2D eigenvalue weighted by Crippen LogP contribution is -3.00. The largest absolute Gasteiger partial charge is 1.00 e. The average molecular weight is 1150 g/mol. The molecular formula is C62H84BrF3N2O10. The van der Waals surface area contributed by atoms with Crippen LogP contribution in [0.1, 0.15) is 122 Å². The number of hydrogen-bond acceptors (Lipinski definition) is 10. The minimum absolute atomic E-state index is 0. The number of carboxylic acids is 1. The summed E-state index contributed by atoms with van der Waals surface area (Å²) < 4.78 is 57.6. The van der Waals surface area contributed by atoms with E-state index in [4.69, 9.17) is 28.8 Å². The number of carboxylic acid groups (broad SMARTS) is 1. The highest BCUT2D eigenvalue weighted by Crippen LogP contribution is 2.44. The van der Waals surface area contributed by atoms with E-state index in [0.717, 1.165) is 137 Å². The fourth-order valence-electron chi connectivity index (χ4n) is 12.5. The number of benzene rings is 4. The van der Waals surface area contributed by atoms with Gasteiger partial charge in [-0.15, -0.1) is 0 Å². The first-order valence-electron chi connectivity index (χ1n) is 27.7. The predicted molar refractivity (Wildman–Crippen MR) is 288 cm³/mol. The van der Waals surface area contributed by atoms with Gasteiger partial charge >= 0.3 is 18.1 Å². The molecule has 8 rings (SSSR count). The number of likely N-dealkylation sites (N-methyl/N-ethyl adjacent to an activating group) is 2. The van der Waals surface area contributed by atoms with E-state index >= 15 is 0 Å². The zero-order valence-electron chi connectivity index (χ0n) is 47.1. The Morgan fingerprint density at radius 3 is 1.17 bits per heavy atom. The van der Waals surface area contributed by atoms with Crippen LogP contribution in [0.5, 0.6) is 11.5 Å². The van der Waals surface area contributed by atoms with Crippen LogP contribution < -0.4 is 31.6 Å². The first kappa shape index (κ1) is 63.8. The SMILES string of the molecule is Cc1cc(C)c(OCCC[N+]2(C)CCC(OC(=O)C(O)(c3ccccc3)C3CCCC3)C2)c(C)c1.Cc1cc(C)c(OCCC[N+]2(C)CCC(OC(=O)C(O)(c3ccccc3)C3CCCC3)C2)c(C)c1.O=C([O-])C(F)(F)F.[Br-]. The van der Waals surface area contributed by atoms with Gasteiger partial charge in [-0.05, 0) is 101 Å². The number of alkyl halides is 3. The molecule has 4 aliphatic rings. The van der Waals surface area contributed by atoms with Crippen LogP contribution in [0.25, 0.3) is 0 Å². The molecule has 4 fully saturated rings. The molecule has 4 aromatic rings. The summed E-state index contributed by atoms with van der Waals surface area (Å²) in [4.78, 5) is 35.6. The summed E-state index contributed by atoms with van der Waals surface area (Å²) in [6.45, 7) is 19.4. The van der Waals surface area contributed by atoms with E-state index in [1.807, 2.05) is 60.7 Å². The number of aliphatic hydroxyl groups is 2. The molecule has 0 aromatic heterocycles. The highest BCUT2D eigenvalue weighted by molar-refractivity contribution is 5.82. The van der Waals surface area contributed by atoms with Gasteiger partial charge in [-0.25, -0.2) is 9.59 Å². The molecule has 0 spiro atoms. The predicted octanol–water partition coefficient (Wildman–Crippen LogP) is 6.74. The maximum absolute atomic E-state index is 13.4. The van der Waals surface area contributed by atoms with Crippen molar-refractivity contribution in [1.82, 2.24) is 0 Å². The molecule has 12 nitrogen and oxygen atoms in total. The second-order valence-electron chi connectivity index (χ2n) is 23.0. The zero-order valence-corrected chi connectivity index (χ0v) is 48.7. The number of ether oxygens (including phenoxy) is 4. The number of quaternary nitrogens is 2. The van der Waals surface area contributed by atoms with Gasteiger partial charge in [-0.2, -0.15) is 13.2 Å². The number of likely N-dealkylation sites (tertiary alicyclic amines) is 2. The molecule has 2 heterocycles. The van der Waals surface area contributed by atoms with Gasteiger partial charge in [0.25, 0.3) is 0 Å². The number of rotatable bonds is 18. The molecule has 430 valence electrons. The van der Waals surface area contributed by atoms with E-state index in [-0.39, 0.29) is 41.0 Å². The number of carbonyl (C=O) groups excluding carboxylic acids is 3. The highest BCUT2D eigenvalue weighted by atomic mass is 79.9. The zero-order chi connectivity index (χ0) is 56.2. The maximum atomic E-state index is 13.4. The summed E-state index contributed by atoms with van der Waals surface area (Å²) in [6.07, 6.45) is 5.67. The van der Waals surface area contributed by atoms with Crippen molar-refractivity contribution in [3.8, 4) is 11.5 Å². The number of aliphatic carboxylic acids is 1. The Morgan fingerprint density at radius 2 is 0.872 bits per heavy atom. The number of halogens is 4. The lowest BCUT2D eigenvalue weighted by molar-refractivity contribution is -0.899. The summed E-state index contributed by atoms with van der Waals surface area (Å²) in [7, 11) is 4.47. The Morgan fingerprint density at radius 1 is 0.564 bits per heavy atom. The molecule has 2 aliphatic carbocycles. The van der Waals surface area contributed by atoms with Gasteiger partial charge in [-0.3, -0.25) is 0 Å². The molecule has 0 radical (unpaired) electrons. The maximum Gasteiger partial charge on any atom is 0.430 e. The van der Waals surface area contributed by atoms with Crippen molar-refractivity contribution in [1.29, 1.82) is 0 Å². The molecule has 4 aromatic carbocycles. The van der Waals surface area contributed by atoms with E-state index in [0.29, 0.717) is 24.3 Å². The second-order valence-corrected chi connectivity index (χ2v) is 23.0. The van der Waals surface area contributed by atoms with Crippen molar-refractivity contribution in [2.75, 3.05) is 66.6 Å². The number of carbonyl (C=O) groups is 3. The minimum atomic E-state index is -5.19. The average Bonchev–Trinajstić information content (AvgIpc) is 4.27. The van der Waals surface area contributed by atoms with Crippen molar-refractivity contribution in [3.63, 3.8) is 0 Å². The van der Waals surface area contributed by atoms with Gasteiger partial charge in [0.2, 0.25) is 0 Å². The van der Waals surface area contributed by atoms with Crippen LogP contribution >= 0.6 is 0 Å². The van der Waals surface area contributed by atoms with Gasteiger partial charge in [0.05, 0.1) is 53.5 Å². The monoisotopic (exact) mass is 1150 g/mol. The minimum Gasteiger partial charge on any atom is -1.00 e. The van der Waals surface area contributed by atoms with Crippen molar-refractivity contribution in [2.45, 2.75) is 148 Å². The Balaban J connectivity index is 0.000000253. The van der Waals surface area contributed by atoms with E-state index in [1.165, 1.54) is 33.4 Å². The third kappa shape index (κ3) is 16.5. The van der Waals surface area contributed by atoms with Crippen LogP contribution in [0.3, 0.4) is 0 Å². The molecule has 0 amide bonds. The Bertz CT molecular complexity index is 2380. The summed E-state index contributed by atoms with van der Waals surface area (Å²) in [6, 6.07) is 27.4. The van der Waals surface area contributed by atoms with Gasteiger partial charge in [0, 0.05) is 37.5 Å². The first-order chi connectivity index (χ1) is 36.4. The van der Waals surface area contributed by atoms with Crippen LogP contribution in [-0.2, 0) is 35.1 Å². The fraction of sp³-hybridized carbons (Fsp3) is 0.565. The smallest absolute Gasteiger partial charge is 0.430 e. The van der Waals surface area contributed by atoms with E-state index in [9.17, 15) is 33.0 Å². The topological polar surface area (TPSA) is 152 Å². The van der Waals surface area contributed by atoms with Gasteiger partial charge in [-0.1, -0.05) is 122 Å². The lowest BCUT2D eigenvalue weighted by atomic mass is 9.80. The van der Waals surface area contributed by atoms with Crippen LogP contribution in [0.4, 0.5) is 13.2 Å². The Labute approximate surface area is 471 Å². The van der Waals surface area contributed by atoms with E-state index < -0.39 is 35.3 Å². The van der Waals surface area contributed by atoms with Crippen LogP contribution in [-0.4, -0.2) is 122 Å². The molecule has 16 heteroatoms. The van der Waals surface area contributed by atoms with Crippen molar-refractivity contribution in [2.24, 2.45) is 11.8 Å². The molecular weight excluding hydrogens is 1070 g/mol. The lowest BCUT2D eigenvalue weighted by Gasteiger charge is -2.33. The quantitative estimate of drug-likeness (QED) is 0.0623. The molecule has 2 saturated carbocycles. The number of nitrogens with zero attached hydrogens (tertiary/aromatic N) is 2. The van der Waals surface area contributed by atoms with Crippen LogP contribution in [0.2, 0.25) is 0 Å². The fourth-order valence-corrected chi connectivity index (χ4v) is 12.5. The van der Waals surface area contributed by atoms with E-state index in [2.05, 4.69) is 79.9 Å². The number of hydrogen-bond donors (Lipinski definition) is 2. The van der Waals surface area contributed by atoms with Crippen LogP contribution in [0.15, 0.2) is 84.9 Å². The molecule has 2 N–H and O–H groups in total. The third-order valence-corrected chi connectivity index (χ3v) is 16.4. The second kappa shape index (κ2) is 27.9. The molecule has 78 heavy (non-hydrogen) atoms. The molecule has 2 saturated heterocycles. The third-order valence-electron chi connectivity index (χ3n) is 16.4. The molecule has 2 aliphatic heterocycles. The summed E-state index contributed by atoms with van der Waals surface area (Å²) in [5.74, 6) is -2.11. The first-order valence-corrected chi connectivity index (χ1v) is 27.7. The number of aryl methyl sites for hydroxylation is 6. The van der Waals surface area contributed by atoms with Gasteiger partial charge in [0.15, 0.2) is 23.4 Å². The normalized spacial score (nSPS) is 22.8. The molecule has 6 atom stereocenters. The van der Waals surface area contributed by atoms with E-state index in [1.54, 1.807) is 0 Å². The number of esters is 2. The molecule has 0 bridgehead atoms.